The molecule has 1 amide bonds. The third kappa shape index (κ3) is 2.30. The highest BCUT2D eigenvalue weighted by atomic mass is 16.4. The minimum Gasteiger partial charge on any atom is -0.480 e. The van der Waals surface area contributed by atoms with Crippen LogP contribution in [0.1, 0.15) is 28.8 Å². The molecule has 4 heteroatoms. The molecule has 1 atom stereocenters. The van der Waals surface area contributed by atoms with E-state index in [1.165, 1.54) is 4.90 Å². The number of likely N-dealkylation sites (tertiary alicyclic amines) is 1. The number of amides is 1. The van der Waals surface area contributed by atoms with Gasteiger partial charge in [0.25, 0.3) is 5.91 Å². The number of carboxylic acid groups (broad SMARTS) is 1. The van der Waals surface area contributed by atoms with Crippen LogP contribution in [0.25, 0.3) is 0 Å². The number of hydrogen-bond acceptors (Lipinski definition) is 2. The SMILES string of the molecule is Cc1cccc(C(=O)N2CCC[C@@H]2C(=O)O)c1. The number of carbonyl (C=O) groups is 2. The van der Waals surface area contributed by atoms with E-state index in [2.05, 4.69) is 0 Å². The van der Waals surface area contributed by atoms with Gasteiger partial charge >= 0.3 is 5.97 Å². The van der Waals surface area contributed by atoms with E-state index in [0.29, 0.717) is 18.5 Å². The number of aliphatic carboxylic acids is 1. The molecule has 17 heavy (non-hydrogen) atoms. The number of nitrogens with zero attached hydrogens (tertiary/aromatic N) is 1. The summed E-state index contributed by atoms with van der Waals surface area (Å²) in [6, 6.07) is 6.58. The van der Waals surface area contributed by atoms with Gasteiger partial charge in [0.15, 0.2) is 0 Å². The quantitative estimate of drug-likeness (QED) is 0.845. The first-order chi connectivity index (χ1) is 8.09. The molecule has 0 saturated carbocycles. The summed E-state index contributed by atoms with van der Waals surface area (Å²) >= 11 is 0. The summed E-state index contributed by atoms with van der Waals surface area (Å²) < 4.78 is 0. The lowest BCUT2D eigenvalue weighted by molar-refractivity contribution is -0.141. The van der Waals surface area contributed by atoms with Gasteiger partial charge in [-0.15, -0.1) is 0 Å². The lowest BCUT2D eigenvalue weighted by atomic mass is 10.1. The fraction of sp³-hybridized carbons (Fsp3) is 0.385. The lowest BCUT2D eigenvalue weighted by Crippen LogP contribution is -2.40. The molecule has 0 bridgehead atoms. The standard InChI is InChI=1S/C13H15NO3/c1-9-4-2-5-10(8-9)12(15)14-7-3-6-11(14)13(16)17/h2,4-5,8,11H,3,6-7H2,1H3,(H,16,17)/t11-/m1/s1. The van der Waals surface area contributed by atoms with Crippen molar-refractivity contribution in [3.63, 3.8) is 0 Å². The molecule has 1 saturated heterocycles. The number of rotatable bonds is 2. The van der Waals surface area contributed by atoms with Crippen molar-refractivity contribution in [1.29, 1.82) is 0 Å². The van der Waals surface area contributed by atoms with Crippen LogP contribution in [0.3, 0.4) is 0 Å². The Kier molecular flexibility index (Phi) is 3.13. The van der Waals surface area contributed by atoms with Crippen molar-refractivity contribution in [1.82, 2.24) is 4.90 Å². The van der Waals surface area contributed by atoms with Crippen molar-refractivity contribution in [2.75, 3.05) is 6.54 Å². The molecule has 4 nitrogen and oxygen atoms in total. The summed E-state index contributed by atoms with van der Waals surface area (Å²) in [5.74, 6) is -1.10. The Labute approximate surface area is 99.9 Å². The van der Waals surface area contributed by atoms with Gasteiger partial charge in [0.05, 0.1) is 0 Å². The molecule has 1 fully saturated rings. The maximum absolute atomic E-state index is 12.2. The van der Waals surface area contributed by atoms with Crippen LogP contribution in [0.2, 0.25) is 0 Å². The number of aryl methyl sites for hydroxylation is 1. The third-order valence-corrected chi connectivity index (χ3v) is 3.06. The average Bonchev–Trinajstić information content (AvgIpc) is 2.77. The van der Waals surface area contributed by atoms with Gasteiger partial charge in [-0.05, 0) is 31.9 Å². The van der Waals surface area contributed by atoms with E-state index >= 15 is 0 Å². The minimum absolute atomic E-state index is 0.182. The van der Waals surface area contributed by atoms with Gasteiger partial charge in [0, 0.05) is 12.1 Å². The molecule has 0 radical (unpaired) electrons. The first kappa shape index (κ1) is 11.6. The number of benzene rings is 1. The van der Waals surface area contributed by atoms with Crippen molar-refractivity contribution >= 4 is 11.9 Å². The van der Waals surface area contributed by atoms with Crippen LogP contribution in [-0.4, -0.2) is 34.5 Å². The number of carboxylic acids is 1. The number of hydrogen-bond donors (Lipinski definition) is 1. The molecule has 0 unspecified atom stereocenters. The first-order valence-electron chi connectivity index (χ1n) is 5.70. The Balaban J connectivity index is 2.23. The molecule has 1 aromatic rings. The molecule has 0 spiro atoms. The van der Waals surface area contributed by atoms with Gasteiger partial charge in [-0.1, -0.05) is 17.7 Å². The summed E-state index contributed by atoms with van der Waals surface area (Å²) in [6.07, 6.45) is 1.31. The smallest absolute Gasteiger partial charge is 0.326 e. The Hall–Kier alpha value is -1.84. The molecule has 2 rings (SSSR count). The fourth-order valence-electron chi connectivity index (χ4n) is 2.21. The second-order valence-corrected chi connectivity index (χ2v) is 4.36. The van der Waals surface area contributed by atoms with Crippen LogP contribution in [0.5, 0.6) is 0 Å². The first-order valence-corrected chi connectivity index (χ1v) is 5.70. The van der Waals surface area contributed by atoms with E-state index in [9.17, 15) is 9.59 Å². The topological polar surface area (TPSA) is 57.6 Å². The fourth-order valence-corrected chi connectivity index (χ4v) is 2.21. The van der Waals surface area contributed by atoms with Crippen molar-refractivity contribution in [3.8, 4) is 0 Å². The molecular weight excluding hydrogens is 218 g/mol. The molecular formula is C13H15NO3. The van der Waals surface area contributed by atoms with Crippen molar-refractivity contribution in [2.24, 2.45) is 0 Å². The van der Waals surface area contributed by atoms with Crippen molar-refractivity contribution in [3.05, 3.63) is 35.4 Å². The van der Waals surface area contributed by atoms with E-state index < -0.39 is 12.0 Å². The summed E-state index contributed by atoms with van der Waals surface area (Å²) in [5.41, 5.74) is 1.57. The van der Waals surface area contributed by atoms with Crippen LogP contribution < -0.4 is 0 Å². The van der Waals surface area contributed by atoms with E-state index in [4.69, 9.17) is 5.11 Å². The predicted octanol–water partition coefficient (Wildman–Crippen LogP) is 1.68. The molecule has 1 N–H and O–H groups in total. The Bertz CT molecular complexity index is 456. The van der Waals surface area contributed by atoms with E-state index in [-0.39, 0.29) is 5.91 Å². The summed E-state index contributed by atoms with van der Waals surface area (Å²) in [7, 11) is 0. The molecule has 90 valence electrons. The molecule has 0 aromatic heterocycles. The van der Waals surface area contributed by atoms with Gasteiger partial charge in [-0.3, -0.25) is 4.79 Å². The Morgan fingerprint density at radius 2 is 2.18 bits per heavy atom. The van der Waals surface area contributed by atoms with Crippen LogP contribution in [0, 0.1) is 6.92 Å². The van der Waals surface area contributed by atoms with E-state index in [0.717, 1.165) is 12.0 Å². The summed E-state index contributed by atoms with van der Waals surface area (Å²) in [5, 5.41) is 9.04. The second kappa shape index (κ2) is 4.57. The second-order valence-electron chi connectivity index (χ2n) is 4.36. The zero-order valence-corrected chi connectivity index (χ0v) is 9.72. The number of carbonyl (C=O) groups excluding carboxylic acids is 1. The monoisotopic (exact) mass is 233 g/mol. The Morgan fingerprint density at radius 3 is 2.82 bits per heavy atom. The highest BCUT2D eigenvalue weighted by Gasteiger charge is 2.34. The minimum atomic E-state index is -0.913. The summed E-state index contributed by atoms with van der Waals surface area (Å²) in [4.78, 5) is 24.7. The van der Waals surface area contributed by atoms with Gasteiger partial charge in [-0.2, -0.15) is 0 Å². The van der Waals surface area contributed by atoms with Crippen LogP contribution in [-0.2, 0) is 4.79 Å². The largest absolute Gasteiger partial charge is 0.480 e. The summed E-state index contributed by atoms with van der Waals surface area (Å²) in [6.45, 7) is 2.44. The molecule has 1 aliphatic heterocycles. The molecule has 1 aliphatic rings. The highest BCUT2D eigenvalue weighted by Crippen LogP contribution is 2.20. The normalized spacial score (nSPS) is 19.4. The van der Waals surface area contributed by atoms with Crippen LogP contribution in [0.15, 0.2) is 24.3 Å². The van der Waals surface area contributed by atoms with E-state index in [1.807, 2.05) is 19.1 Å². The Morgan fingerprint density at radius 1 is 1.41 bits per heavy atom. The zero-order valence-electron chi connectivity index (χ0n) is 9.72. The van der Waals surface area contributed by atoms with Crippen LogP contribution >= 0.6 is 0 Å². The average molecular weight is 233 g/mol. The molecule has 0 aliphatic carbocycles. The maximum Gasteiger partial charge on any atom is 0.326 e. The van der Waals surface area contributed by atoms with Crippen molar-refractivity contribution in [2.45, 2.75) is 25.8 Å². The zero-order chi connectivity index (χ0) is 12.4. The highest BCUT2D eigenvalue weighted by molar-refractivity contribution is 5.97. The lowest BCUT2D eigenvalue weighted by Gasteiger charge is -2.21. The van der Waals surface area contributed by atoms with E-state index in [1.54, 1.807) is 12.1 Å². The van der Waals surface area contributed by atoms with Gasteiger partial charge < -0.3 is 10.0 Å². The van der Waals surface area contributed by atoms with Crippen LogP contribution in [0.4, 0.5) is 0 Å². The predicted molar refractivity (Wildman–Crippen MR) is 62.9 cm³/mol. The van der Waals surface area contributed by atoms with Crippen molar-refractivity contribution < 1.29 is 14.7 Å². The van der Waals surface area contributed by atoms with Gasteiger partial charge in [0.1, 0.15) is 6.04 Å². The molecule has 1 heterocycles. The van der Waals surface area contributed by atoms with Gasteiger partial charge in [0.2, 0.25) is 0 Å². The molecule has 1 aromatic carbocycles. The van der Waals surface area contributed by atoms with Gasteiger partial charge in [-0.25, -0.2) is 4.79 Å². The maximum atomic E-state index is 12.2. The third-order valence-electron chi connectivity index (χ3n) is 3.06.